The lowest BCUT2D eigenvalue weighted by Gasteiger charge is -1.92. The average Bonchev–Trinajstić information content (AvgIpc) is 2.52. The Morgan fingerprint density at radius 2 is 2.55 bits per heavy atom. The lowest BCUT2D eigenvalue weighted by atomic mass is 10.2. The highest BCUT2D eigenvalue weighted by Gasteiger charge is 2.05. The van der Waals surface area contributed by atoms with Crippen LogP contribution in [0.2, 0.25) is 0 Å². The molecule has 0 bridgehead atoms. The van der Waals surface area contributed by atoms with E-state index in [1.165, 1.54) is 11.3 Å². The molecule has 1 rings (SSSR count). The standard InChI is InChI=1S/C7H10N2OS/c8-3-1-2-7(10)6-4-11-5-9-6/h4-5H,1-3,8H2. The number of aromatic nitrogens is 1. The summed E-state index contributed by atoms with van der Waals surface area (Å²) in [4.78, 5) is 15.1. The van der Waals surface area contributed by atoms with Crippen LogP contribution in [0.3, 0.4) is 0 Å². The van der Waals surface area contributed by atoms with Crippen molar-refractivity contribution in [1.82, 2.24) is 4.98 Å². The number of carbonyl (C=O) groups is 1. The third kappa shape index (κ3) is 2.40. The highest BCUT2D eigenvalue weighted by molar-refractivity contribution is 7.07. The molecule has 1 aromatic heterocycles. The molecule has 1 heterocycles. The maximum Gasteiger partial charge on any atom is 0.182 e. The maximum absolute atomic E-state index is 11.2. The number of carbonyl (C=O) groups excluding carboxylic acids is 1. The van der Waals surface area contributed by atoms with Crippen molar-refractivity contribution in [1.29, 1.82) is 0 Å². The first-order chi connectivity index (χ1) is 5.34. The van der Waals surface area contributed by atoms with Crippen LogP contribution in [0.15, 0.2) is 10.9 Å². The Morgan fingerprint density at radius 3 is 3.09 bits per heavy atom. The number of Topliss-reactive ketones (excluding diaryl/α,β-unsaturated/α-hetero) is 1. The molecule has 0 spiro atoms. The molecule has 0 atom stereocenters. The van der Waals surface area contributed by atoms with Gasteiger partial charge in [-0.1, -0.05) is 0 Å². The zero-order valence-electron chi connectivity index (χ0n) is 6.12. The summed E-state index contributed by atoms with van der Waals surface area (Å²) in [7, 11) is 0. The number of nitrogens with zero attached hydrogens (tertiary/aromatic N) is 1. The number of hydrogen-bond donors (Lipinski definition) is 1. The molecule has 0 saturated heterocycles. The lowest BCUT2D eigenvalue weighted by molar-refractivity contribution is 0.0976. The van der Waals surface area contributed by atoms with Crippen LogP contribution >= 0.6 is 11.3 Å². The van der Waals surface area contributed by atoms with E-state index in [1.807, 2.05) is 0 Å². The summed E-state index contributed by atoms with van der Waals surface area (Å²) in [6.07, 6.45) is 1.26. The fraction of sp³-hybridized carbons (Fsp3) is 0.429. The topological polar surface area (TPSA) is 56.0 Å². The second-order valence-corrected chi connectivity index (χ2v) is 2.91. The van der Waals surface area contributed by atoms with Gasteiger partial charge >= 0.3 is 0 Å². The molecule has 0 aliphatic carbocycles. The molecular weight excluding hydrogens is 160 g/mol. The normalized spacial score (nSPS) is 9.91. The van der Waals surface area contributed by atoms with E-state index in [-0.39, 0.29) is 5.78 Å². The minimum Gasteiger partial charge on any atom is -0.330 e. The monoisotopic (exact) mass is 170 g/mol. The van der Waals surface area contributed by atoms with Crippen molar-refractivity contribution in [3.63, 3.8) is 0 Å². The molecule has 0 radical (unpaired) electrons. The zero-order chi connectivity index (χ0) is 8.10. The molecule has 0 aliphatic rings. The van der Waals surface area contributed by atoms with E-state index in [9.17, 15) is 4.79 Å². The fourth-order valence-electron chi connectivity index (χ4n) is 0.741. The van der Waals surface area contributed by atoms with E-state index in [1.54, 1.807) is 10.9 Å². The second-order valence-electron chi connectivity index (χ2n) is 2.19. The van der Waals surface area contributed by atoms with E-state index >= 15 is 0 Å². The highest BCUT2D eigenvalue weighted by Crippen LogP contribution is 2.05. The van der Waals surface area contributed by atoms with Crippen LogP contribution in [0, 0.1) is 0 Å². The molecule has 1 aromatic rings. The maximum atomic E-state index is 11.2. The Balaban J connectivity index is 2.43. The van der Waals surface area contributed by atoms with Crippen LogP contribution < -0.4 is 5.73 Å². The molecule has 3 nitrogen and oxygen atoms in total. The van der Waals surface area contributed by atoms with Crippen molar-refractivity contribution in [2.24, 2.45) is 5.73 Å². The van der Waals surface area contributed by atoms with Gasteiger partial charge in [0, 0.05) is 11.8 Å². The summed E-state index contributed by atoms with van der Waals surface area (Å²) in [5, 5.41) is 1.76. The van der Waals surface area contributed by atoms with Gasteiger partial charge in [0.2, 0.25) is 0 Å². The largest absolute Gasteiger partial charge is 0.330 e. The number of ketones is 1. The van der Waals surface area contributed by atoms with Gasteiger partial charge in [0.25, 0.3) is 0 Å². The van der Waals surface area contributed by atoms with Gasteiger partial charge in [-0.25, -0.2) is 4.98 Å². The number of hydrogen-bond acceptors (Lipinski definition) is 4. The van der Waals surface area contributed by atoms with Crippen molar-refractivity contribution in [3.05, 3.63) is 16.6 Å². The van der Waals surface area contributed by atoms with Crippen molar-refractivity contribution < 1.29 is 4.79 Å². The van der Waals surface area contributed by atoms with Crippen molar-refractivity contribution in [2.45, 2.75) is 12.8 Å². The van der Waals surface area contributed by atoms with Crippen LogP contribution in [0.1, 0.15) is 23.3 Å². The molecule has 0 aliphatic heterocycles. The summed E-state index contributed by atoms with van der Waals surface area (Å²) in [5.41, 5.74) is 7.50. The Morgan fingerprint density at radius 1 is 1.73 bits per heavy atom. The molecule has 0 saturated carbocycles. The van der Waals surface area contributed by atoms with Gasteiger partial charge in [0.1, 0.15) is 5.69 Å². The number of nitrogens with two attached hydrogens (primary N) is 1. The van der Waals surface area contributed by atoms with Crippen molar-refractivity contribution in [3.8, 4) is 0 Å². The van der Waals surface area contributed by atoms with E-state index in [2.05, 4.69) is 4.98 Å². The Hall–Kier alpha value is -0.740. The lowest BCUT2D eigenvalue weighted by Crippen LogP contribution is -2.04. The second kappa shape index (κ2) is 4.20. The molecule has 0 amide bonds. The minimum atomic E-state index is 0.0942. The summed E-state index contributed by atoms with van der Waals surface area (Å²) in [5.74, 6) is 0.0942. The van der Waals surface area contributed by atoms with Gasteiger partial charge < -0.3 is 5.73 Å². The fourth-order valence-corrected chi connectivity index (χ4v) is 1.30. The van der Waals surface area contributed by atoms with Crippen molar-refractivity contribution >= 4 is 17.1 Å². The third-order valence-electron chi connectivity index (χ3n) is 1.33. The van der Waals surface area contributed by atoms with Gasteiger partial charge in [-0.2, -0.15) is 0 Å². The first kappa shape index (κ1) is 8.36. The summed E-state index contributed by atoms with van der Waals surface area (Å²) < 4.78 is 0. The van der Waals surface area contributed by atoms with Crippen LogP contribution in [0.25, 0.3) is 0 Å². The Labute approximate surface area is 69.3 Å². The molecular formula is C7H10N2OS. The van der Waals surface area contributed by atoms with Gasteiger partial charge in [-0.3, -0.25) is 4.79 Å². The summed E-state index contributed by atoms with van der Waals surface area (Å²) in [6.45, 7) is 0.565. The molecule has 2 N–H and O–H groups in total. The van der Waals surface area contributed by atoms with Gasteiger partial charge in [0.15, 0.2) is 5.78 Å². The van der Waals surface area contributed by atoms with Crippen LogP contribution in [-0.4, -0.2) is 17.3 Å². The highest BCUT2D eigenvalue weighted by atomic mass is 32.1. The Kier molecular flexibility index (Phi) is 3.19. The van der Waals surface area contributed by atoms with Gasteiger partial charge in [-0.05, 0) is 13.0 Å². The SMILES string of the molecule is NCCCC(=O)c1cscn1. The van der Waals surface area contributed by atoms with Gasteiger partial charge in [0.05, 0.1) is 5.51 Å². The molecule has 4 heteroatoms. The minimum absolute atomic E-state index is 0.0942. The quantitative estimate of drug-likeness (QED) is 0.687. The first-order valence-corrected chi connectivity index (χ1v) is 4.40. The van der Waals surface area contributed by atoms with E-state index in [0.717, 1.165) is 6.42 Å². The summed E-state index contributed by atoms with van der Waals surface area (Å²) >= 11 is 1.44. The summed E-state index contributed by atoms with van der Waals surface area (Å²) in [6, 6.07) is 0. The van der Waals surface area contributed by atoms with E-state index < -0.39 is 0 Å². The average molecular weight is 170 g/mol. The molecule has 0 unspecified atom stereocenters. The number of thiazole rings is 1. The third-order valence-corrected chi connectivity index (χ3v) is 1.91. The van der Waals surface area contributed by atoms with Crippen LogP contribution in [-0.2, 0) is 0 Å². The zero-order valence-corrected chi connectivity index (χ0v) is 6.93. The smallest absolute Gasteiger partial charge is 0.182 e. The van der Waals surface area contributed by atoms with E-state index in [0.29, 0.717) is 18.7 Å². The van der Waals surface area contributed by atoms with E-state index in [4.69, 9.17) is 5.73 Å². The molecule has 60 valence electrons. The van der Waals surface area contributed by atoms with Crippen molar-refractivity contribution in [2.75, 3.05) is 6.54 Å². The van der Waals surface area contributed by atoms with Crippen LogP contribution in [0.4, 0.5) is 0 Å². The molecule has 0 aromatic carbocycles. The first-order valence-electron chi connectivity index (χ1n) is 3.46. The Bertz CT molecular complexity index is 220. The molecule has 0 fully saturated rings. The number of rotatable bonds is 4. The molecule has 11 heavy (non-hydrogen) atoms. The predicted octanol–water partition coefficient (Wildman–Crippen LogP) is 1.06. The van der Waals surface area contributed by atoms with Gasteiger partial charge in [-0.15, -0.1) is 11.3 Å². The van der Waals surface area contributed by atoms with Crippen LogP contribution in [0.5, 0.6) is 0 Å². The predicted molar refractivity (Wildman–Crippen MR) is 44.7 cm³/mol.